The highest BCUT2D eigenvalue weighted by Crippen LogP contribution is 2.37. The minimum Gasteiger partial charge on any atom is -0.315 e. The Kier molecular flexibility index (Phi) is 5.38. The maximum absolute atomic E-state index is 12.3. The predicted octanol–water partition coefficient (Wildman–Crippen LogP) is 0.946. The largest absolute Gasteiger partial charge is 0.315 e. The van der Waals surface area contributed by atoms with Crippen molar-refractivity contribution in [2.45, 2.75) is 44.4 Å². The van der Waals surface area contributed by atoms with Crippen LogP contribution in [0.25, 0.3) is 0 Å². The molecule has 3 unspecified atom stereocenters. The third-order valence-electron chi connectivity index (χ3n) is 3.83. The van der Waals surface area contributed by atoms with E-state index in [1.54, 1.807) is 0 Å². The summed E-state index contributed by atoms with van der Waals surface area (Å²) in [4.78, 5) is 0. The molecule has 0 heterocycles. The molecular formula is C12H25NO3S2. The summed E-state index contributed by atoms with van der Waals surface area (Å²) in [6.07, 6.45) is 4.31. The van der Waals surface area contributed by atoms with Crippen LogP contribution in [-0.2, 0) is 20.6 Å². The predicted molar refractivity (Wildman–Crippen MR) is 77.0 cm³/mol. The Morgan fingerprint density at radius 1 is 1.39 bits per heavy atom. The number of hydrogen-bond donors (Lipinski definition) is 1. The lowest BCUT2D eigenvalue weighted by atomic mass is 9.73. The van der Waals surface area contributed by atoms with Gasteiger partial charge in [0, 0.05) is 28.9 Å². The van der Waals surface area contributed by atoms with Crippen molar-refractivity contribution in [1.82, 2.24) is 5.32 Å². The van der Waals surface area contributed by atoms with Crippen molar-refractivity contribution in [2.75, 3.05) is 24.8 Å². The van der Waals surface area contributed by atoms with E-state index in [4.69, 9.17) is 0 Å². The molecule has 18 heavy (non-hydrogen) atoms. The van der Waals surface area contributed by atoms with Crippen LogP contribution in [-0.4, -0.2) is 48.7 Å². The number of sulfone groups is 1. The molecule has 3 atom stereocenters. The van der Waals surface area contributed by atoms with E-state index in [-0.39, 0.29) is 28.2 Å². The van der Waals surface area contributed by atoms with Crippen molar-refractivity contribution >= 4 is 20.6 Å². The maximum atomic E-state index is 12.3. The van der Waals surface area contributed by atoms with Gasteiger partial charge in [-0.15, -0.1) is 0 Å². The first-order chi connectivity index (χ1) is 8.17. The van der Waals surface area contributed by atoms with Gasteiger partial charge < -0.3 is 5.32 Å². The van der Waals surface area contributed by atoms with Gasteiger partial charge in [0.25, 0.3) is 0 Å². The van der Waals surface area contributed by atoms with Crippen molar-refractivity contribution in [2.24, 2.45) is 5.41 Å². The van der Waals surface area contributed by atoms with Crippen LogP contribution in [0.15, 0.2) is 0 Å². The Hall–Kier alpha value is 0.0600. The molecule has 0 aliphatic heterocycles. The average Bonchev–Trinajstić information content (AvgIpc) is 2.23. The molecular weight excluding hydrogens is 270 g/mol. The van der Waals surface area contributed by atoms with Gasteiger partial charge >= 0.3 is 0 Å². The molecule has 0 aromatic heterocycles. The average molecular weight is 295 g/mol. The lowest BCUT2D eigenvalue weighted by molar-refractivity contribution is 0.180. The summed E-state index contributed by atoms with van der Waals surface area (Å²) in [5.41, 5.74) is 0.123. The highest BCUT2D eigenvalue weighted by molar-refractivity contribution is 7.92. The van der Waals surface area contributed by atoms with Crippen molar-refractivity contribution in [3.05, 3.63) is 0 Å². The second-order valence-electron chi connectivity index (χ2n) is 5.90. The Bertz CT molecular complexity index is 404. The summed E-state index contributed by atoms with van der Waals surface area (Å²) < 4.78 is 34.6. The quantitative estimate of drug-likeness (QED) is 0.820. The van der Waals surface area contributed by atoms with Gasteiger partial charge in [-0.1, -0.05) is 20.3 Å². The van der Waals surface area contributed by atoms with Crippen molar-refractivity contribution in [3.63, 3.8) is 0 Å². The molecule has 4 nitrogen and oxygen atoms in total. The Labute approximate surface area is 113 Å². The Morgan fingerprint density at radius 2 is 2.00 bits per heavy atom. The van der Waals surface area contributed by atoms with Gasteiger partial charge in [0.2, 0.25) is 0 Å². The second kappa shape index (κ2) is 6.01. The van der Waals surface area contributed by atoms with Crippen LogP contribution >= 0.6 is 0 Å². The van der Waals surface area contributed by atoms with E-state index in [1.807, 2.05) is 7.05 Å². The van der Waals surface area contributed by atoms with Crippen LogP contribution < -0.4 is 5.32 Å². The number of hydrogen-bond acceptors (Lipinski definition) is 4. The summed E-state index contributed by atoms with van der Waals surface area (Å²) in [6, 6.07) is 0.201. The zero-order chi connectivity index (χ0) is 14.0. The molecule has 108 valence electrons. The van der Waals surface area contributed by atoms with Crippen LogP contribution in [0, 0.1) is 5.41 Å². The van der Waals surface area contributed by atoms with Crippen LogP contribution in [0.5, 0.6) is 0 Å². The van der Waals surface area contributed by atoms with Crippen LogP contribution in [0.1, 0.15) is 33.1 Å². The highest BCUT2D eigenvalue weighted by atomic mass is 32.2. The fraction of sp³-hybridized carbons (Fsp3) is 1.00. The smallest absolute Gasteiger partial charge is 0.148 e. The summed E-state index contributed by atoms with van der Waals surface area (Å²) in [5.74, 6) is 0.282. The molecule has 6 heteroatoms. The van der Waals surface area contributed by atoms with E-state index in [9.17, 15) is 12.6 Å². The van der Waals surface area contributed by atoms with E-state index in [2.05, 4.69) is 19.2 Å². The van der Waals surface area contributed by atoms with Crippen molar-refractivity contribution in [3.8, 4) is 0 Å². The third kappa shape index (κ3) is 4.31. The first-order valence-corrected chi connectivity index (χ1v) is 9.84. The molecule has 0 spiro atoms. The molecule has 0 saturated heterocycles. The van der Waals surface area contributed by atoms with E-state index in [1.165, 1.54) is 6.26 Å². The van der Waals surface area contributed by atoms with Gasteiger partial charge in [-0.25, -0.2) is 8.42 Å². The lowest BCUT2D eigenvalue weighted by Gasteiger charge is -2.43. The minimum atomic E-state index is -3.02. The van der Waals surface area contributed by atoms with Crippen LogP contribution in [0.4, 0.5) is 0 Å². The first-order valence-electron chi connectivity index (χ1n) is 6.39. The zero-order valence-corrected chi connectivity index (χ0v) is 13.4. The molecule has 0 bridgehead atoms. The van der Waals surface area contributed by atoms with E-state index in [0.717, 1.165) is 19.3 Å². The fourth-order valence-corrected chi connectivity index (χ4v) is 6.24. The van der Waals surface area contributed by atoms with Crippen molar-refractivity contribution in [1.29, 1.82) is 0 Å². The Morgan fingerprint density at radius 3 is 2.50 bits per heavy atom. The molecule has 0 amide bonds. The van der Waals surface area contributed by atoms with Gasteiger partial charge in [0.1, 0.15) is 9.84 Å². The molecule has 0 aromatic rings. The lowest BCUT2D eigenvalue weighted by Crippen LogP contribution is -2.53. The molecule has 1 aliphatic rings. The maximum Gasteiger partial charge on any atom is 0.148 e. The van der Waals surface area contributed by atoms with Crippen LogP contribution in [0.3, 0.4) is 0 Å². The summed E-state index contributed by atoms with van der Waals surface area (Å²) in [5, 5.41) is 3.35. The summed E-state index contributed by atoms with van der Waals surface area (Å²) in [6.45, 7) is 4.38. The normalized spacial score (nSPS) is 30.0. The van der Waals surface area contributed by atoms with Gasteiger partial charge in [-0.3, -0.25) is 4.21 Å². The van der Waals surface area contributed by atoms with Gasteiger partial charge in [-0.05, 0) is 25.3 Å². The van der Waals surface area contributed by atoms with Crippen LogP contribution in [0.2, 0.25) is 0 Å². The topological polar surface area (TPSA) is 63.2 Å². The second-order valence-corrected chi connectivity index (χ2v) is 9.94. The zero-order valence-electron chi connectivity index (χ0n) is 11.7. The van der Waals surface area contributed by atoms with Gasteiger partial charge in [0.15, 0.2) is 0 Å². The molecule has 1 fully saturated rings. The summed E-state index contributed by atoms with van der Waals surface area (Å²) >= 11 is 0. The third-order valence-corrected chi connectivity index (χ3v) is 6.82. The standard InChI is InChI=1S/C12H25NO3S2/c1-12(2)7-5-6-10(11(12)13-3)17(14)8-9-18(4,15)16/h10-11,13H,5-9H2,1-4H3. The first kappa shape index (κ1) is 16.1. The molecule has 0 aromatic carbocycles. The van der Waals surface area contributed by atoms with Crippen molar-refractivity contribution < 1.29 is 12.6 Å². The molecule has 1 aliphatic carbocycles. The number of rotatable bonds is 5. The SMILES string of the molecule is CNC1C(S(=O)CCS(C)(=O)=O)CCCC1(C)C. The highest BCUT2D eigenvalue weighted by Gasteiger charge is 2.40. The molecule has 1 N–H and O–H groups in total. The molecule has 1 rings (SSSR count). The fourth-order valence-electron chi connectivity index (χ4n) is 2.83. The molecule has 1 saturated carbocycles. The number of nitrogens with one attached hydrogen (secondary N) is 1. The monoisotopic (exact) mass is 295 g/mol. The van der Waals surface area contributed by atoms with Gasteiger partial charge in [-0.2, -0.15) is 0 Å². The van der Waals surface area contributed by atoms with E-state index in [0.29, 0.717) is 0 Å². The van der Waals surface area contributed by atoms with E-state index < -0.39 is 20.6 Å². The summed E-state index contributed by atoms with van der Waals surface area (Å²) in [7, 11) is -2.19. The Balaban J connectivity index is 2.71. The van der Waals surface area contributed by atoms with E-state index >= 15 is 0 Å². The molecule has 0 radical (unpaired) electrons. The minimum absolute atomic E-state index is 0.0208. The van der Waals surface area contributed by atoms with Gasteiger partial charge in [0.05, 0.1) is 11.0 Å².